The summed E-state index contributed by atoms with van der Waals surface area (Å²) in [6, 6.07) is 11.5. The van der Waals surface area contributed by atoms with Gasteiger partial charge in [0.2, 0.25) is 0 Å². The molecule has 0 saturated carbocycles. The first-order chi connectivity index (χ1) is 12.1. The van der Waals surface area contributed by atoms with Gasteiger partial charge in [-0.2, -0.15) is 0 Å². The lowest BCUT2D eigenvalue weighted by Gasteiger charge is -2.16. The molecule has 0 aliphatic carbocycles. The summed E-state index contributed by atoms with van der Waals surface area (Å²) < 4.78 is 11.7. The van der Waals surface area contributed by atoms with Gasteiger partial charge in [-0.3, -0.25) is 0 Å². The second-order valence-electron chi connectivity index (χ2n) is 5.79. The Labute approximate surface area is 160 Å². The van der Waals surface area contributed by atoms with Gasteiger partial charge >= 0.3 is 0 Å². The third-order valence-corrected chi connectivity index (χ3v) is 4.19. The Balaban J connectivity index is 2.10. The van der Waals surface area contributed by atoms with Crippen LogP contribution in [-0.2, 0) is 13.2 Å². The van der Waals surface area contributed by atoms with Gasteiger partial charge in [-0.15, -0.1) is 0 Å². The predicted molar refractivity (Wildman–Crippen MR) is 105 cm³/mol. The molecule has 136 valence electrons. The molecule has 0 fully saturated rings. The van der Waals surface area contributed by atoms with Crippen molar-refractivity contribution >= 4 is 23.2 Å². The first kappa shape index (κ1) is 19.9. The molecule has 0 aromatic heterocycles. The van der Waals surface area contributed by atoms with Crippen molar-refractivity contribution < 1.29 is 9.47 Å². The highest BCUT2D eigenvalue weighted by molar-refractivity contribution is 6.32. The average Bonchev–Trinajstić information content (AvgIpc) is 2.58. The van der Waals surface area contributed by atoms with Gasteiger partial charge < -0.3 is 14.8 Å². The molecule has 0 atom stereocenters. The highest BCUT2D eigenvalue weighted by Crippen LogP contribution is 2.37. The minimum atomic E-state index is 0.383. The molecule has 3 nitrogen and oxygen atoms in total. The quantitative estimate of drug-likeness (QED) is 0.522. The zero-order valence-electron chi connectivity index (χ0n) is 14.8. The maximum atomic E-state index is 6.45. The zero-order valence-corrected chi connectivity index (χ0v) is 16.3. The molecule has 0 saturated heterocycles. The van der Waals surface area contributed by atoms with Gasteiger partial charge in [0.1, 0.15) is 6.61 Å². The van der Waals surface area contributed by atoms with Crippen molar-refractivity contribution in [1.29, 1.82) is 0 Å². The van der Waals surface area contributed by atoms with E-state index in [9.17, 15) is 0 Å². The highest BCUT2D eigenvalue weighted by Gasteiger charge is 2.13. The van der Waals surface area contributed by atoms with Crippen LogP contribution in [0.2, 0.25) is 10.0 Å². The summed E-state index contributed by atoms with van der Waals surface area (Å²) in [5.74, 6) is 1.24. The number of nitrogens with one attached hydrogen (secondary N) is 1. The van der Waals surface area contributed by atoms with E-state index >= 15 is 0 Å². The average molecular weight is 382 g/mol. The number of hydrogen-bond acceptors (Lipinski definition) is 3. The summed E-state index contributed by atoms with van der Waals surface area (Å²) >= 11 is 12.5. The lowest BCUT2D eigenvalue weighted by molar-refractivity contribution is 0.269. The molecule has 0 aliphatic heterocycles. The summed E-state index contributed by atoms with van der Waals surface area (Å²) in [6.07, 6.45) is 2.33. The fourth-order valence-corrected chi connectivity index (χ4v) is 2.94. The summed E-state index contributed by atoms with van der Waals surface area (Å²) in [5, 5.41) is 4.65. The number of rotatable bonds is 10. The Morgan fingerprint density at radius 1 is 1.00 bits per heavy atom. The van der Waals surface area contributed by atoms with Crippen LogP contribution in [0.15, 0.2) is 36.4 Å². The molecular weight excluding hydrogens is 357 g/mol. The molecule has 0 aliphatic rings. The first-order valence-corrected chi connectivity index (χ1v) is 9.42. The monoisotopic (exact) mass is 381 g/mol. The van der Waals surface area contributed by atoms with Gasteiger partial charge in [0, 0.05) is 11.6 Å². The number of ether oxygens (including phenoxy) is 2. The van der Waals surface area contributed by atoms with Gasteiger partial charge in [0.05, 0.1) is 11.6 Å². The van der Waals surface area contributed by atoms with E-state index in [4.69, 9.17) is 32.7 Å². The zero-order chi connectivity index (χ0) is 18.1. The molecule has 5 heteroatoms. The summed E-state index contributed by atoms with van der Waals surface area (Å²) in [5.41, 5.74) is 2.07. The summed E-state index contributed by atoms with van der Waals surface area (Å²) in [7, 11) is 0. The van der Waals surface area contributed by atoms with Gasteiger partial charge in [-0.25, -0.2) is 0 Å². The Morgan fingerprint density at radius 2 is 1.84 bits per heavy atom. The second kappa shape index (κ2) is 10.5. The van der Waals surface area contributed by atoms with Crippen LogP contribution >= 0.6 is 23.2 Å². The van der Waals surface area contributed by atoms with Crippen LogP contribution < -0.4 is 14.8 Å². The molecule has 0 spiro atoms. The van der Waals surface area contributed by atoms with Gasteiger partial charge in [0.15, 0.2) is 11.5 Å². The van der Waals surface area contributed by atoms with Crippen molar-refractivity contribution in [2.75, 3.05) is 13.2 Å². The van der Waals surface area contributed by atoms with E-state index < -0.39 is 0 Å². The van der Waals surface area contributed by atoms with Crippen molar-refractivity contribution in [3.8, 4) is 11.5 Å². The SMILES string of the molecule is CCCCNCc1cc(Cl)c(OCc2cccc(Cl)c2)c(OCC)c1. The van der Waals surface area contributed by atoms with Crippen LogP contribution in [0.5, 0.6) is 11.5 Å². The molecule has 2 aromatic carbocycles. The molecule has 25 heavy (non-hydrogen) atoms. The van der Waals surface area contributed by atoms with E-state index in [2.05, 4.69) is 12.2 Å². The molecule has 0 radical (unpaired) electrons. The van der Waals surface area contributed by atoms with E-state index in [-0.39, 0.29) is 0 Å². The van der Waals surface area contributed by atoms with Crippen molar-refractivity contribution in [2.45, 2.75) is 39.8 Å². The van der Waals surface area contributed by atoms with Gasteiger partial charge in [-0.1, -0.05) is 48.7 Å². The molecule has 0 heterocycles. The fraction of sp³-hybridized carbons (Fsp3) is 0.400. The summed E-state index contributed by atoms with van der Waals surface area (Å²) in [6.45, 7) is 6.81. The fourth-order valence-electron chi connectivity index (χ4n) is 2.44. The Morgan fingerprint density at radius 3 is 2.56 bits per heavy atom. The Hall–Kier alpha value is -1.42. The first-order valence-electron chi connectivity index (χ1n) is 8.67. The molecule has 0 amide bonds. The Kier molecular flexibility index (Phi) is 8.39. The molecular formula is C20H25Cl2NO2. The maximum Gasteiger partial charge on any atom is 0.180 e. The number of halogens is 2. The molecule has 1 N–H and O–H groups in total. The minimum absolute atomic E-state index is 0.383. The predicted octanol–water partition coefficient (Wildman–Crippen LogP) is 5.86. The smallest absolute Gasteiger partial charge is 0.180 e. The molecule has 2 aromatic rings. The number of unbranched alkanes of at least 4 members (excludes halogenated alkanes) is 1. The van der Waals surface area contributed by atoms with Crippen LogP contribution in [0.25, 0.3) is 0 Å². The van der Waals surface area contributed by atoms with Crippen LogP contribution in [0.3, 0.4) is 0 Å². The maximum absolute atomic E-state index is 6.45. The van der Waals surface area contributed by atoms with Crippen LogP contribution in [0.4, 0.5) is 0 Å². The summed E-state index contributed by atoms with van der Waals surface area (Å²) in [4.78, 5) is 0. The standard InChI is InChI=1S/C20H25Cl2NO2/c1-3-5-9-23-13-16-11-18(22)20(19(12-16)24-4-2)25-14-15-7-6-8-17(21)10-15/h6-8,10-12,23H,3-5,9,13-14H2,1-2H3. The van der Waals surface area contributed by atoms with Crippen molar-refractivity contribution in [3.63, 3.8) is 0 Å². The van der Waals surface area contributed by atoms with E-state index in [1.807, 2.05) is 43.3 Å². The lowest BCUT2D eigenvalue weighted by Crippen LogP contribution is -2.14. The minimum Gasteiger partial charge on any atom is -0.490 e. The topological polar surface area (TPSA) is 30.5 Å². The van der Waals surface area contributed by atoms with E-state index in [0.29, 0.717) is 34.8 Å². The van der Waals surface area contributed by atoms with Crippen molar-refractivity contribution in [3.05, 3.63) is 57.6 Å². The number of hydrogen-bond donors (Lipinski definition) is 1. The van der Waals surface area contributed by atoms with Crippen LogP contribution in [0, 0.1) is 0 Å². The van der Waals surface area contributed by atoms with Crippen molar-refractivity contribution in [1.82, 2.24) is 5.32 Å². The third-order valence-electron chi connectivity index (χ3n) is 3.68. The van der Waals surface area contributed by atoms with Crippen LogP contribution in [-0.4, -0.2) is 13.2 Å². The van der Waals surface area contributed by atoms with E-state index in [1.54, 1.807) is 0 Å². The lowest BCUT2D eigenvalue weighted by atomic mass is 10.2. The second-order valence-corrected chi connectivity index (χ2v) is 6.63. The largest absolute Gasteiger partial charge is 0.490 e. The van der Waals surface area contributed by atoms with Crippen LogP contribution in [0.1, 0.15) is 37.8 Å². The van der Waals surface area contributed by atoms with E-state index in [1.165, 1.54) is 6.42 Å². The van der Waals surface area contributed by atoms with Crippen molar-refractivity contribution in [2.24, 2.45) is 0 Å². The normalized spacial score (nSPS) is 10.7. The highest BCUT2D eigenvalue weighted by atomic mass is 35.5. The van der Waals surface area contributed by atoms with Gasteiger partial charge in [0.25, 0.3) is 0 Å². The number of benzene rings is 2. The molecule has 2 rings (SSSR count). The van der Waals surface area contributed by atoms with E-state index in [0.717, 1.165) is 30.6 Å². The Bertz CT molecular complexity index is 677. The molecule has 0 unspecified atom stereocenters. The molecule has 0 bridgehead atoms. The van der Waals surface area contributed by atoms with Gasteiger partial charge in [-0.05, 0) is 55.3 Å². The third kappa shape index (κ3) is 6.43.